The van der Waals surface area contributed by atoms with Crippen molar-refractivity contribution in [2.75, 3.05) is 12.4 Å². The lowest BCUT2D eigenvalue weighted by atomic mass is 10.1. The van der Waals surface area contributed by atoms with Gasteiger partial charge in [-0.1, -0.05) is 47.6 Å². The Kier molecular flexibility index (Phi) is 5.20. The number of para-hydroxylation sites is 2. The molecule has 0 bridgehead atoms. The number of hydrogen-bond donors (Lipinski definition) is 1. The molecule has 2 heterocycles. The van der Waals surface area contributed by atoms with Crippen molar-refractivity contribution >= 4 is 11.6 Å². The summed E-state index contributed by atoms with van der Waals surface area (Å²) in [5, 5.41) is 6.57. The fourth-order valence-electron chi connectivity index (χ4n) is 2.65. The fourth-order valence-corrected chi connectivity index (χ4v) is 2.65. The predicted molar refractivity (Wildman–Crippen MR) is 107 cm³/mol. The summed E-state index contributed by atoms with van der Waals surface area (Å²) in [5.41, 5.74) is 1.53. The van der Waals surface area contributed by atoms with Crippen LogP contribution in [0.5, 0.6) is 17.4 Å². The fraction of sp³-hybridized carbons (Fsp3) is 0.0455. The average molecular weight is 387 g/mol. The number of carbonyl (C=O) groups is 1. The number of pyridine rings is 1. The van der Waals surface area contributed by atoms with Crippen molar-refractivity contribution in [3.8, 4) is 28.7 Å². The molecule has 7 nitrogen and oxygen atoms in total. The summed E-state index contributed by atoms with van der Waals surface area (Å²) in [6.45, 7) is 0. The Labute approximate surface area is 166 Å². The van der Waals surface area contributed by atoms with E-state index in [0.717, 1.165) is 5.56 Å². The van der Waals surface area contributed by atoms with E-state index in [4.69, 9.17) is 14.0 Å². The molecule has 0 unspecified atom stereocenters. The van der Waals surface area contributed by atoms with Crippen LogP contribution in [-0.4, -0.2) is 23.2 Å². The summed E-state index contributed by atoms with van der Waals surface area (Å²) in [5.74, 6) is 1.66. The molecular formula is C22H17N3O4. The van der Waals surface area contributed by atoms with Gasteiger partial charge in [0.15, 0.2) is 23.0 Å². The lowest BCUT2D eigenvalue weighted by Gasteiger charge is -2.09. The van der Waals surface area contributed by atoms with Gasteiger partial charge in [0, 0.05) is 17.7 Å². The Morgan fingerprint density at radius 2 is 1.72 bits per heavy atom. The quantitative estimate of drug-likeness (QED) is 0.512. The molecule has 0 spiro atoms. The van der Waals surface area contributed by atoms with Crippen LogP contribution >= 0.6 is 0 Å². The van der Waals surface area contributed by atoms with Gasteiger partial charge in [0.05, 0.1) is 19.0 Å². The number of carbonyl (C=O) groups excluding carboxylic acids is 1. The van der Waals surface area contributed by atoms with Gasteiger partial charge >= 0.3 is 0 Å². The number of nitrogens with zero attached hydrogens (tertiary/aromatic N) is 2. The monoisotopic (exact) mass is 387 g/mol. The van der Waals surface area contributed by atoms with Crippen LogP contribution in [0, 0.1) is 0 Å². The molecule has 144 valence electrons. The maximum absolute atomic E-state index is 12.4. The normalized spacial score (nSPS) is 10.4. The molecule has 0 aliphatic heterocycles. The minimum absolute atomic E-state index is 0.179. The second-order valence-corrected chi connectivity index (χ2v) is 6.03. The second-order valence-electron chi connectivity index (χ2n) is 6.03. The molecule has 0 aliphatic rings. The molecule has 0 saturated heterocycles. The van der Waals surface area contributed by atoms with Gasteiger partial charge in [-0.05, 0) is 18.2 Å². The molecule has 0 radical (unpaired) electrons. The van der Waals surface area contributed by atoms with Crippen LogP contribution < -0.4 is 14.8 Å². The van der Waals surface area contributed by atoms with Crippen LogP contribution in [0.1, 0.15) is 10.5 Å². The first-order chi connectivity index (χ1) is 14.2. The Morgan fingerprint density at radius 3 is 2.45 bits per heavy atom. The summed E-state index contributed by atoms with van der Waals surface area (Å²) < 4.78 is 16.2. The van der Waals surface area contributed by atoms with Gasteiger partial charge in [-0.25, -0.2) is 4.98 Å². The van der Waals surface area contributed by atoms with Crippen LogP contribution in [0.4, 0.5) is 5.69 Å². The third-order valence-electron chi connectivity index (χ3n) is 4.08. The van der Waals surface area contributed by atoms with Gasteiger partial charge < -0.3 is 19.3 Å². The standard InChI is InChI=1S/C22H17N3O4/c1-27-18-9-5-6-10-19(18)28-21-12-11-16(14-23-21)24-22(26)17-13-20(29-25-17)15-7-3-2-4-8-15/h2-14H,1H3,(H,24,26). The van der Waals surface area contributed by atoms with E-state index in [2.05, 4.69) is 15.5 Å². The van der Waals surface area contributed by atoms with E-state index in [1.54, 1.807) is 37.4 Å². The van der Waals surface area contributed by atoms with Crippen LogP contribution in [0.25, 0.3) is 11.3 Å². The molecule has 0 saturated carbocycles. The van der Waals surface area contributed by atoms with Crippen LogP contribution in [0.2, 0.25) is 0 Å². The number of benzene rings is 2. The zero-order valence-electron chi connectivity index (χ0n) is 15.5. The third kappa shape index (κ3) is 4.24. The van der Waals surface area contributed by atoms with Crippen molar-refractivity contribution in [3.63, 3.8) is 0 Å². The molecule has 29 heavy (non-hydrogen) atoms. The van der Waals surface area contributed by atoms with Crippen molar-refractivity contribution in [2.24, 2.45) is 0 Å². The number of anilines is 1. The maximum Gasteiger partial charge on any atom is 0.277 e. The first kappa shape index (κ1) is 18.2. The van der Waals surface area contributed by atoms with Crippen molar-refractivity contribution < 1.29 is 18.8 Å². The number of nitrogens with one attached hydrogen (secondary N) is 1. The summed E-state index contributed by atoms with van der Waals surface area (Å²) in [7, 11) is 1.57. The van der Waals surface area contributed by atoms with Crippen LogP contribution in [-0.2, 0) is 0 Å². The topological polar surface area (TPSA) is 86.5 Å². The lowest BCUT2D eigenvalue weighted by Crippen LogP contribution is -2.12. The molecule has 1 N–H and O–H groups in total. The first-order valence-corrected chi connectivity index (χ1v) is 8.83. The van der Waals surface area contributed by atoms with E-state index in [0.29, 0.717) is 28.8 Å². The number of aromatic nitrogens is 2. The van der Waals surface area contributed by atoms with E-state index in [1.807, 2.05) is 42.5 Å². The molecule has 2 aromatic carbocycles. The van der Waals surface area contributed by atoms with Crippen molar-refractivity contribution in [2.45, 2.75) is 0 Å². The summed E-state index contributed by atoms with van der Waals surface area (Å²) >= 11 is 0. The average Bonchev–Trinajstić information content (AvgIpc) is 3.27. The molecule has 0 atom stereocenters. The highest BCUT2D eigenvalue weighted by molar-refractivity contribution is 6.03. The number of methoxy groups -OCH3 is 1. The minimum Gasteiger partial charge on any atom is -0.493 e. The first-order valence-electron chi connectivity index (χ1n) is 8.83. The van der Waals surface area contributed by atoms with Gasteiger partial charge in [-0.2, -0.15) is 0 Å². The van der Waals surface area contributed by atoms with Crippen LogP contribution in [0.3, 0.4) is 0 Å². The Morgan fingerprint density at radius 1 is 0.966 bits per heavy atom. The van der Waals surface area contributed by atoms with E-state index >= 15 is 0 Å². The number of hydrogen-bond acceptors (Lipinski definition) is 6. The summed E-state index contributed by atoms with van der Waals surface area (Å²) in [6.07, 6.45) is 1.50. The minimum atomic E-state index is -0.392. The van der Waals surface area contributed by atoms with E-state index in [1.165, 1.54) is 6.20 Å². The number of amides is 1. The molecule has 4 aromatic rings. The largest absolute Gasteiger partial charge is 0.493 e. The van der Waals surface area contributed by atoms with Gasteiger partial charge in [-0.15, -0.1) is 0 Å². The van der Waals surface area contributed by atoms with Crippen molar-refractivity contribution in [1.82, 2.24) is 10.1 Å². The molecule has 1 amide bonds. The third-order valence-corrected chi connectivity index (χ3v) is 4.08. The zero-order valence-corrected chi connectivity index (χ0v) is 15.5. The molecule has 7 heteroatoms. The number of rotatable bonds is 6. The SMILES string of the molecule is COc1ccccc1Oc1ccc(NC(=O)c2cc(-c3ccccc3)on2)cn1. The summed E-state index contributed by atoms with van der Waals surface area (Å²) in [6, 6.07) is 21.7. The smallest absolute Gasteiger partial charge is 0.277 e. The second kappa shape index (κ2) is 8.26. The van der Waals surface area contributed by atoms with E-state index in [-0.39, 0.29) is 5.69 Å². The van der Waals surface area contributed by atoms with Gasteiger partial charge in [-0.3, -0.25) is 4.79 Å². The predicted octanol–water partition coefficient (Wildman–Crippen LogP) is 4.79. The highest BCUT2D eigenvalue weighted by Gasteiger charge is 2.14. The Bertz CT molecular complexity index is 1110. The molecule has 2 aromatic heterocycles. The highest BCUT2D eigenvalue weighted by Crippen LogP contribution is 2.30. The van der Waals surface area contributed by atoms with Crippen LogP contribution in [0.15, 0.2) is 83.5 Å². The van der Waals surface area contributed by atoms with E-state index < -0.39 is 5.91 Å². The van der Waals surface area contributed by atoms with Gasteiger partial charge in [0.1, 0.15) is 0 Å². The van der Waals surface area contributed by atoms with Crippen molar-refractivity contribution in [1.29, 1.82) is 0 Å². The van der Waals surface area contributed by atoms with Gasteiger partial charge in [0.2, 0.25) is 5.88 Å². The highest BCUT2D eigenvalue weighted by atomic mass is 16.5. The maximum atomic E-state index is 12.4. The summed E-state index contributed by atoms with van der Waals surface area (Å²) in [4.78, 5) is 16.6. The zero-order chi connectivity index (χ0) is 20.1. The van der Waals surface area contributed by atoms with E-state index in [9.17, 15) is 4.79 Å². The molecule has 0 fully saturated rings. The van der Waals surface area contributed by atoms with Crippen molar-refractivity contribution in [3.05, 3.63) is 84.7 Å². The Balaban J connectivity index is 1.42. The number of ether oxygens (including phenoxy) is 2. The molecule has 4 rings (SSSR count). The molecular weight excluding hydrogens is 370 g/mol. The Hall–Kier alpha value is -4.13. The van der Waals surface area contributed by atoms with Gasteiger partial charge in [0.25, 0.3) is 5.91 Å². The molecule has 0 aliphatic carbocycles. The lowest BCUT2D eigenvalue weighted by molar-refractivity contribution is 0.101.